The molecule has 1 atom stereocenters. The molecular formula is C18H24ClN3O2S. The number of hydrogen-bond acceptors (Lipinski definition) is 5. The van der Waals surface area contributed by atoms with Crippen molar-refractivity contribution in [3.8, 4) is 11.3 Å². The van der Waals surface area contributed by atoms with Gasteiger partial charge in [0.05, 0.1) is 12.3 Å². The lowest BCUT2D eigenvalue weighted by atomic mass is 9.86. The van der Waals surface area contributed by atoms with E-state index >= 15 is 0 Å². The molecule has 1 fully saturated rings. The lowest BCUT2D eigenvalue weighted by Crippen LogP contribution is -2.45. The zero-order valence-corrected chi connectivity index (χ0v) is 16.3. The SMILES string of the molecule is CC(C)(C)c1ccc(-c2csc(NC(=O)[C@H]3CNCCO3)n2)cc1.Cl. The number of carbonyl (C=O) groups excluding carboxylic acids is 1. The molecule has 1 aromatic carbocycles. The first-order chi connectivity index (χ1) is 11.4. The van der Waals surface area contributed by atoms with E-state index in [4.69, 9.17) is 4.74 Å². The number of thiazole rings is 1. The van der Waals surface area contributed by atoms with Gasteiger partial charge in [0.1, 0.15) is 6.10 Å². The van der Waals surface area contributed by atoms with Crippen LogP contribution in [0.4, 0.5) is 5.13 Å². The largest absolute Gasteiger partial charge is 0.366 e. The van der Waals surface area contributed by atoms with Gasteiger partial charge in [-0.2, -0.15) is 0 Å². The Balaban J connectivity index is 0.00000225. The number of aromatic nitrogens is 1. The molecule has 5 nitrogen and oxygen atoms in total. The van der Waals surface area contributed by atoms with E-state index in [1.165, 1.54) is 16.9 Å². The fourth-order valence-corrected chi connectivity index (χ4v) is 3.25. The average molecular weight is 382 g/mol. The highest BCUT2D eigenvalue weighted by atomic mass is 35.5. The minimum Gasteiger partial charge on any atom is -0.366 e. The van der Waals surface area contributed by atoms with Gasteiger partial charge < -0.3 is 10.1 Å². The summed E-state index contributed by atoms with van der Waals surface area (Å²) in [6.07, 6.45) is -0.447. The van der Waals surface area contributed by atoms with Crippen molar-refractivity contribution in [1.82, 2.24) is 10.3 Å². The Morgan fingerprint density at radius 3 is 2.64 bits per heavy atom. The fourth-order valence-electron chi connectivity index (χ4n) is 2.52. The zero-order valence-electron chi connectivity index (χ0n) is 14.7. The molecule has 1 amide bonds. The molecule has 136 valence electrons. The second-order valence-electron chi connectivity index (χ2n) is 6.92. The molecule has 1 saturated heterocycles. The van der Waals surface area contributed by atoms with Crippen molar-refractivity contribution in [1.29, 1.82) is 0 Å². The van der Waals surface area contributed by atoms with E-state index < -0.39 is 6.10 Å². The lowest BCUT2D eigenvalue weighted by Gasteiger charge is -2.22. The van der Waals surface area contributed by atoms with Crippen molar-refractivity contribution in [2.24, 2.45) is 0 Å². The van der Waals surface area contributed by atoms with Gasteiger partial charge in [-0.1, -0.05) is 45.0 Å². The van der Waals surface area contributed by atoms with Crippen LogP contribution in [0.25, 0.3) is 11.3 Å². The summed E-state index contributed by atoms with van der Waals surface area (Å²) in [5, 5.41) is 8.55. The first kappa shape index (κ1) is 19.8. The van der Waals surface area contributed by atoms with Crippen LogP contribution >= 0.6 is 23.7 Å². The van der Waals surface area contributed by atoms with Crippen LogP contribution in [0.1, 0.15) is 26.3 Å². The summed E-state index contributed by atoms with van der Waals surface area (Å²) < 4.78 is 5.45. The van der Waals surface area contributed by atoms with E-state index in [1.54, 1.807) is 0 Å². The van der Waals surface area contributed by atoms with Gasteiger partial charge in [-0.3, -0.25) is 10.1 Å². The second kappa shape index (κ2) is 8.27. The summed E-state index contributed by atoms with van der Waals surface area (Å²) in [5.74, 6) is -0.147. The molecule has 0 radical (unpaired) electrons. The normalized spacial score (nSPS) is 17.6. The maximum Gasteiger partial charge on any atom is 0.256 e. The van der Waals surface area contributed by atoms with E-state index in [2.05, 4.69) is 60.7 Å². The third-order valence-corrected chi connectivity index (χ3v) is 4.76. The molecule has 1 aliphatic rings. The second-order valence-corrected chi connectivity index (χ2v) is 7.78. The van der Waals surface area contributed by atoms with E-state index in [1.807, 2.05) is 5.38 Å². The molecular weight excluding hydrogens is 358 g/mol. The highest BCUT2D eigenvalue weighted by molar-refractivity contribution is 7.14. The predicted molar refractivity (Wildman–Crippen MR) is 105 cm³/mol. The maximum absolute atomic E-state index is 12.2. The van der Waals surface area contributed by atoms with Crippen molar-refractivity contribution in [3.63, 3.8) is 0 Å². The van der Waals surface area contributed by atoms with Crippen molar-refractivity contribution in [3.05, 3.63) is 35.2 Å². The Morgan fingerprint density at radius 2 is 2.04 bits per heavy atom. The van der Waals surface area contributed by atoms with Crippen LogP contribution in [0, 0.1) is 0 Å². The van der Waals surface area contributed by atoms with Gasteiger partial charge in [-0.05, 0) is 11.0 Å². The summed E-state index contributed by atoms with van der Waals surface area (Å²) in [7, 11) is 0. The van der Waals surface area contributed by atoms with Crippen LogP contribution in [0.2, 0.25) is 0 Å². The zero-order chi connectivity index (χ0) is 17.2. The number of carbonyl (C=O) groups is 1. The minimum atomic E-state index is -0.447. The van der Waals surface area contributed by atoms with Crippen LogP contribution < -0.4 is 10.6 Å². The van der Waals surface area contributed by atoms with Crippen molar-refractivity contribution < 1.29 is 9.53 Å². The Kier molecular flexibility index (Phi) is 6.57. The van der Waals surface area contributed by atoms with Gasteiger partial charge >= 0.3 is 0 Å². The summed E-state index contributed by atoms with van der Waals surface area (Å²) in [5.41, 5.74) is 3.35. The average Bonchev–Trinajstić information content (AvgIpc) is 3.03. The number of rotatable bonds is 3. The number of nitrogens with one attached hydrogen (secondary N) is 2. The van der Waals surface area contributed by atoms with Crippen LogP contribution in [0.5, 0.6) is 0 Å². The monoisotopic (exact) mass is 381 g/mol. The Hall–Kier alpha value is -1.47. The molecule has 2 heterocycles. The van der Waals surface area contributed by atoms with Gasteiger partial charge in [-0.25, -0.2) is 4.98 Å². The van der Waals surface area contributed by atoms with Gasteiger partial charge in [0.15, 0.2) is 5.13 Å². The van der Waals surface area contributed by atoms with Gasteiger partial charge in [-0.15, -0.1) is 23.7 Å². The van der Waals surface area contributed by atoms with E-state index in [-0.39, 0.29) is 23.7 Å². The molecule has 0 saturated carbocycles. The van der Waals surface area contributed by atoms with Gasteiger partial charge in [0.25, 0.3) is 5.91 Å². The number of nitrogens with zero attached hydrogens (tertiary/aromatic N) is 1. The van der Waals surface area contributed by atoms with Crippen molar-refractivity contribution >= 4 is 34.8 Å². The molecule has 0 aliphatic carbocycles. The van der Waals surface area contributed by atoms with E-state index in [9.17, 15) is 4.79 Å². The van der Waals surface area contributed by atoms with Crippen molar-refractivity contribution in [2.75, 3.05) is 25.0 Å². The fraction of sp³-hybridized carbons (Fsp3) is 0.444. The van der Waals surface area contributed by atoms with E-state index in [0.717, 1.165) is 17.8 Å². The van der Waals surface area contributed by atoms with Gasteiger partial charge in [0.2, 0.25) is 0 Å². The third-order valence-electron chi connectivity index (χ3n) is 4.00. The summed E-state index contributed by atoms with van der Waals surface area (Å²) in [4.78, 5) is 16.7. The number of amides is 1. The molecule has 0 bridgehead atoms. The summed E-state index contributed by atoms with van der Waals surface area (Å²) >= 11 is 1.43. The molecule has 2 N–H and O–H groups in total. The quantitative estimate of drug-likeness (QED) is 0.854. The molecule has 2 aromatic rings. The highest BCUT2D eigenvalue weighted by Gasteiger charge is 2.22. The highest BCUT2D eigenvalue weighted by Crippen LogP contribution is 2.28. The Morgan fingerprint density at radius 1 is 1.32 bits per heavy atom. The van der Waals surface area contributed by atoms with E-state index in [0.29, 0.717) is 18.3 Å². The number of morpholine rings is 1. The number of anilines is 1. The number of hydrogen-bond donors (Lipinski definition) is 2. The first-order valence-electron chi connectivity index (χ1n) is 8.13. The van der Waals surface area contributed by atoms with Crippen LogP contribution in [0.3, 0.4) is 0 Å². The Bertz CT molecular complexity index is 704. The topological polar surface area (TPSA) is 63.2 Å². The number of halogens is 1. The Labute approximate surface area is 158 Å². The molecule has 7 heteroatoms. The molecule has 1 aliphatic heterocycles. The minimum absolute atomic E-state index is 0. The molecule has 0 spiro atoms. The molecule has 1 aromatic heterocycles. The predicted octanol–water partition coefficient (Wildman–Crippen LogP) is 3.46. The number of benzene rings is 1. The summed E-state index contributed by atoms with van der Waals surface area (Å²) in [6, 6.07) is 8.42. The van der Waals surface area contributed by atoms with Crippen molar-refractivity contribution in [2.45, 2.75) is 32.3 Å². The molecule has 0 unspecified atom stereocenters. The maximum atomic E-state index is 12.2. The van der Waals surface area contributed by atoms with Gasteiger partial charge in [0, 0.05) is 24.0 Å². The standard InChI is InChI=1S/C18H23N3O2S.ClH/c1-18(2,3)13-6-4-12(5-7-13)14-11-24-17(20-14)21-16(22)15-10-19-8-9-23-15;/h4-7,11,15,19H,8-10H2,1-3H3,(H,20,21,22);1H/t15-;/m1./s1. The molecule has 3 rings (SSSR count). The smallest absolute Gasteiger partial charge is 0.256 e. The molecule has 25 heavy (non-hydrogen) atoms. The third kappa shape index (κ3) is 5.01. The first-order valence-corrected chi connectivity index (χ1v) is 9.01. The van der Waals surface area contributed by atoms with Crippen LogP contribution in [0.15, 0.2) is 29.6 Å². The van der Waals surface area contributed by atoms with Crippen LogP contribution in [-0.4, -0.2) is 36.7 Å². The lowest BCUT2D eigenvalue weighted by molar-refractivity contribution is -0.128. The van der Waals surface area contributed by atoms with Crippen LogP contribution in [-0.2, 0) is 14.9 Å². The number of ether oxygens (including phenoxy) is 1. The summed E-state index contributed by atoms with van der Waals surface area (Å²) in [6.45, 7) is 8.47.